The summed E-state index contributed by atoms with van der Waals surface area (Å²) in [5.41, 5.74) is 1.76. The topological polar surface area (TPSA) is 110 Å². The second-order valence-corrected chi connectivity index (χ2v) is 7.83. The number of anilines is 1. The quantitative estimate of drug-likeness (QED) is 0.223. The van der Waals surface area contributed by atoms with Crippen molar-refractivity contribution in [2.45, 2.75) is 13.0 Å². The molecule has 7 heteroatoms. The number of nitrogens with one attached hydrogen (secondary N) is 1. The smallest absolute Gasteiger partial charge is 0.339 e. The van der Waals surface area contributed by atoms with Crippen LogP contribution < -0.4 is 5.32 Å². The number of carbonyl (C=O) groups excluding carboxylic acids is 4. The molecule has 1 heterocycles. The molecule has 1 aliphatic heterocycles. The Bertz CT molecular complexity index is 1370. The summed E-state index contributed by atoms with van der Waals surface area (Å²) >= 11 is 0. The lowest BCUT2D eigenvalue weighted by Crippen LogP contribution is -2.22. The average molecular weight is 467 g/mol. The van der Waals surface area contributed by atoms with Crippen molar-refractivity contribution in [3.63, 3.8) is 0 Å². The fourth-order valence-electron chi connectivity index (χ4n) is 3.66. The van der Waals surface area contributed by atoms with Crippen LogP contribution in [0.3, 0.4) is 0 Å². The first-order valence-corrected chi connectivity index (χ1v) is 10.8. The van der Waals surface area contributed by atoms with Gasteiger partial charge in [0, 0.05) is 16.8 Å². The molecule has 2 N–H and O–H groups in total. The number of esters is 1. The molecule has 0 saturated carbocycles. The Morgan fingerprint density at radius 2 is 1.57 bits per heavy atom. The lowest BCUT2D eigenvalue weighted by Gasteiger charge is -2.15. The van der Waals surface area contributed by atoms with Gasteiger partial charge in [-0.2, -0.15) is 0 Å². The van der Waals surface area contributed by atoms with Crippen LogP contribution in [0.25, 0.3) is 6.08 Å². The fraction of sp³-hybridized carbons (Fsp3) is 0.0714. The molecule has 0 unspecified atom stereocenters. The van der Waals surface area contributed by atoms with Gasteiger partial charge in [0.25, 0.3) is 5.91 Å². The average Bonchev–Trinajstić information content (AvgIpc) is 3.20. The highest BCUT2D eigenvalue weighted by atomic mass is 16.5. The van der Waals surface area contributed by atoms with E-state index in [1.165, 1.54) is 43.3 Å². The van der Waals surface area contributed by atoms with E-state index in [-0.39, 0.29) is 16.9 Å². The normalized spacial score (nSPS) is 15.2. The summed E-state index contributed by atoms with van der Waals surface area (Å²) in [7, 11) is 0. The number of fused-ring (bicyclic) bond motifs is 1. The van der Waals surface area contributed by atoms with E-state index in [0.29, 0.717) is 16.8 Å². The summed E-state index contributed by atoms with van der Waals surface area (Å²) in [5.74, 6) is -3.32. The van der Waals surface area contributed by atoms with Crippen LogP contribution in [0.1, 0.15) is 44.9 Å². The zero-order chi connectivity index (χ0) is 24.9. The van der Waals surface area contributed by atoms with Gasteiger partial charge in [0.1, 0.15) is 0 Å². The van der Waals surface area contributed by atoms with Crippen molar-refractivity contribution in [1.82, 2.24) is 0 Å². The summed E-state index contributed by atoms with van der Waals surface area (Å²) in [5, 5.41) is 13.4. The molecule has 35 heavy (non-hydrogen) atoms. The zero-order valence-corrected chi connectivity index (χ0v) is 18.7. The van der Waals surface area contributed by atoms with E-state index in [4.69, 9.17) is 4.74 Å². The number of carbonyl (C=O) groups is 4. The number of amides is 1. The Morgan fingerprint density at radius 3 is 2.26 bits per heavy atom. The van der Waals surface area contributed by atoms with Crippen molar-refractivity contribution in [2.75, 3.05) is 5.32 Å². The minimum Gasteiger partial charge on any atom is -0.503 e. The van der Waals surface area contributed by atoms with Gasteiger partial charge in [-0.25, -0.2) is 4.79 Å². The molecule has 3 aromatic rings. The van der Waals surface area contributed by atoms with Gasteiger partial charge >= 0.3 is 5.97 Å². The lowest BCUT2D eigenvalue weighted by atomic mass is 9.94. The highest BCUT2D eigenvalue weighted by molar-refractivity contribution is 6.15. The van der Waals surface area contributed by atoms with Crippen LogP contribution >= 0.6 is 0 Å². The Hall–Kier alpha value is -4.78. The van der Waals surface area contributed by atoms with Gasteiger partial charge in [-0.1, -0.05) is 54.6 Å². The van der Waals surface area contributed by atoms with Crippen molar-refractivity contribution < 1.29 is 29.0 Å². The van der Waals surface area contributed by atoms with Gasteiger partial charge in [-0.05, 0) is 48.9 Å². The van der Waals surface area contributed by atoms with Crippen LogP contribution in [0.2, 0.25) is 0 Å². The van der Waals surface area contributed by atoms with Crippen LogP contribution in [-0.2, 0) is 14.3 Å². The number of Topliss-reactive ketones (excluding diaryl/α,β-unsaturated/α-hetero) is 1. The number of ether oxygens (including phenoxy) is 1. The number of aliphatic hydroxyl groups is 1. The van der Waals surface area contributed by atoms with Gasteiger partial charge in [-0.15, -0.1) is 0 Å². The molecule has 1 atom stereocenters. The number of ketones is 2. The largest absolute Gasteiger partial charge is 0.503 e. The first-order chi connectivity index (χ1) is 16.8. The standard InChI is InChI=1S/C28H21NO6/c1-17(30)19-12-14-20(15-13-19)29-27(33)25(32)24(23(31)16-11-18-7-3-2-4-8-18)26-21-9-5-6-10-22(21)28(34)35-26/h2-16,26,32H,1H3,(H,29,33)/b16-11-,25-24-/t26-/m1/s1. The van der Waals surface area contributed by atoms with Gasteiger partial charge in [0.05, 0.1) is 11.1 Å². The molecular weight excluding hydrogens is 446 g/mol. The third-order valence-electron chi connectivity index (χ3n) is 5.46. The Balaban J connectivity index is 1.70. The minimum absolute atomic E-state index is 0.134. The second kappa shape index (κ2) is 10.0. The molecule has 4 rings (SSSR count). The maximum Gasteiger partial charge on any atom is 0.339 e. The van der Waals surface area contributed by atoms with E-state index >= 15 is 0 Å². The highest BCUT2D eigenvalue weighted by Gasteiger charge is 2.38. The number of hydrogen-bond acceptors (Lipinski definition) is 6. The lowest BCUT2D eigenvalue weighted by molar-refractivity contribution is -0.117. The number of benzene rings is 3. The zero-order valence-electron chi connectivity index (χ0n) is 18.7. The van der Waals surface area contributed by atoms with Crippen molar-refractivity contribution in [1.29, 1.82) is 0 Å². The van der Waals surface area contributed by atoms with Gasteiger partial charge < -0.3 is 15.2 Å². The van der Waals surface area contributed by atoms with E-state index in [1.54, 1.807) is 48.5 Å². The second-order valence-electron chi connectivity index (χ2n) is 7.83. The van der Waals surface area contributed by atoms with E-state index in [2.05, 4.69) is 5.32 Å². The van der Waals surface area contributed by atoms with E-state index in [9.17, 15) is 24.3 Å². The Labute approximate surface area is 201 Å². The van der Waals surface area contributed by atoms with Crippen LogP contribution in [0, 0.1) is 0 Å². The predicted octanol–water partition coefficient (Wildman–Crippen LogP) is 4.83. The molecule has 0 aliphatic carbocycles. The third kappa shape index (κ3) is 5.09. The molecule has 0 radical (unpaired) electrons. The molecule has 7 nitrogen and oxygen atoms in total. The number of allylic oxidation sites excluding steroid dienone is 1. The molecule has 3 aromatic carbocycles. The molecule has 0 fully saturated rings. The van der Waals surface area contributed by atoms with E-state index < -0.39 is 29.5 Å². The SMILES string of the molecule is CC(=O)c1ccc(NC(=O)/C(O)=C(\C(=O)/C=C\c2ccccc2)[C@@H]2OC(=O)c3ccccc32)cc1. The molecule has 0 aromatic heterocycles. The molecular formula is C28H21NO6. The predicted molar refractivity (Wildman–Crippen MR) is 130 cm³/mol. The van der Waals surface area contributed by atoms with Crippen LogP contribution in [0.15, 0.2) is 96.3 Å². The monoisotopic (exact) mass is 467 g/mol. The summed E-state index contributed by atoms with van der Waals surface area (Å²) < 4.78 is 5.40. The van der Waals surface area contributed by atoms with Crippen LogP contribution in [0.4, 0.5) is 5.69 Å². The fourth-order valence-corrected chi connectivity index (χ4v) is 3.66. The summed E-state index contributed by atoms with van der Waals surface area (Å²) in [6, 6.07) is 21.6. The highest BCUT2D eigenvalue weighted by Crippen LogP contribution is 2.37. The van der Waals surface area contributed by atoms with E-state index in [0.717, 1.165) is 5.56 Å². The summed E-state index contributed by atoms with van der Waals surface area (Å²) in [4.78, 5) is 50.0. The maximum atomic E-state index is 13.2. The van der Waals surface area contributed by atoms with Crippen molar-refractivity contribution in [3.8, 4) is 0 Å². The Morgan fingerprint density at radius 1 is 0.914 bits per heavy atom. The molecule has 0 bridgehead atoms. The minimum atomic E-state index is -1.25. The van der Waals surface area contributed by atoms with Crippen LogP contribution in [0.5, 0.6) is 0 Å². The molecule has 0 spiro atoms. The Kier molecular flexibility index (Phi) is 6.69. The number of rotatable bonds is 7. The van der Waals surface area contributed by atoms with Crippen molar-refractivity contribution in [2.24, 2.45) is 0 Å². The van der Waals surface area contributed by atoms with Crippen LogP contribution in [-0.4, -0.2) is 28.5 Å². The summed E-state index contributed by atoms with van der Waals surface area (Å²) in [6.07, 6.45) is 1.50. The van der Waals surface area contributed by atoms with Crippen molar-refractivity contribution in [3.05, 3.63) is 119 Å². The first-order valence-electron chi connectivity index (χ1n) is 10.8. The molecule has 0 saturated heterocycles. The summed E-state index contributed by atoms with van der Waals surface area (Å²) in [6.45, 7) is 1.42. The maximum absolute atomic E-state index is 13.2. The molecule has 1 amide bonds. The molecule has 174 valence electrons. The number of cyclic esters (lactones) is 1. The van der Waals surface area contributed by atoms with Crippen molar-refractivity contribution >= 4 is 35.2 Å². The number of aliphatic hydroxyl groups excluding tert-OH is 1. The molecule has 1 aliphatic rings. The van der Waals surface area contributed by atoms with Gasteiger partial charge in [0.15, 0.2) is 23.4 Å². The first kappa shape index (κ1) is 23.4. The van der Waals surface area contributed by atoms with Gasteiger partial charge in [-0.3, -0.25) is 14.4 Å². The van der Waals surface area contributed by atoms with Gasteiger partial charge in [0.2, 0.25) is 0 Å². The number of hydrogen-bond donors (Lipinski definition) is 2. The third-order valence-corrected chi connectivity index (χ3v) is 5.46. The van der Waals surface area contributed by atoms with E-state index in [1.807, 2.05) is 6.07 Å².